The van der Waals surface area contributed by atoms with Crippen LogP contribution in [0.3, 0.4) is 0 Å². The zero-order valence-corrected chi connectivity index (χ0v) is 14.8. The van der Waals surface area contributed by atoms with Crippen molar-refractivity contribution in [2.45, 2.75) is 19.9 Å². The topological polar surface area (TPSA) is 64.9 Å². The molecule has 128 valence electrons. The lowest BCUT2D eigenvalue weighted by molar-refractivity contribution is -0.117. The zero-order chi connectivity index (χ0) is 18.1. The summed E-state index contributed by atoms with van der Waals surface area (Å²) in [5.41, 5.74) is 3.40. The number of carbonyl (C=O) groups is 1. The first-order valence-corrected chi connectivity index (χ1v) is 8.38. The van der Waals surface area contributed by atoms with Crippen LogP contribution < -0.4 is 10.6 Å². The third-order valence-corrected chi connectivity index (χ3v) is 3.87. The average Bonchev–Trinajstić information content (AvgIpc) is 2.61. The smallest absolute Gasteiger partial charge is 0.263 e. The maximum atomic E-state index is 12.1. The molecule has 4 nitrogen and oxygen atoms in total. The second-order valence-electron chi connectivity index (χ2n) is 5.67. The van der Waals surface area contributed by atoms with Crippen molar-refractivity contribution in [2.24, 2.45) is 0 Å². The second kappa shape index (κ2) is 9.51. The molecule has 2 aromatic carbocycles. The van der Waals surface area contributed by atoms with E-state index in [2.05, 4.69) is 35.8 Å². The molecule has 0 saturated carbocycles. The first-order valence-electron chi connectivity index (χ1n) is 8.00. The molecule has 0 unspecified atom stereocenters. The molecule has 0 atom stereocenters. The van der Waals surface area contributed by atoms with Crippen molar-refractivity contribution in [3.05, 3.63) is 82.0 Å². The van der Waals surface area contributed by atoms with Crippen LogP contribution in [0.1, 0.15) is 16.7 Å². The molecule has 5 heteroatoms. The van der Waals surface area contributed by atoms with Crippen molar-refractivity contribution in [1.82, 2.24) is 10.6 Å². The molecule has 0 aliphatic rings. The van der Waals surface area contributed by atoms with Gasteiger partial charge in [0.2, 0.25) is 0 Å². The van der Waals surface area contributed by atoms with Crippen LogP contribution in [-0.4, -0.2) is 12.5 Å². The van der Waals surface area contributed by atoms with Gasteiger partial charge in [0.25, 0.3) is 5.91 Å². The maximum Gasteiger partial charge on any atom is 0.263 e. The van der Waals surface area contributed by atoms with E-state index in [0.717, 1.165) is 12.0 Å². The summed E-state index contributed by atoms with van der Waals surface area (Å²) in [6.45, 7) is 3.05. The van der Waals surface area contributed by atoms with Gasteiger partial charge in [-0.1, -0.05) is 53.6 Å². The number of nitrogens with one attached hydrogen (secondary N) is 2. The van der Waals surface area contributed by atoms with E-state index in [1.807, 2.05) is 24.3 Å². The summed E-state index contributed by atoms with van der Waals surface area (Å²) in [6, 6.07) is 17.4. The fraction of sp³-hybridized carbons (Fsp3) is 0.200. The van der Waals surface area contributed by atoms with E-state index in [4.69, 9.17) is 16.9 Å². The number of rotatable bonds is 7. The molecule has 25 heavy (non-hydrogen) atoms. The number of amides is 1. The standard InChI is InChI=1S/C20H20ClN3O/c1-15-3-2-4-16(11-15)9-10-23-14-18(12-22)20(25)24-13-17-5-7-19(21)8-6-17/h2-8,11,14,23H,9-10,13H2,1H3,(H,24,25)/b18-14-. The van der Waals surface area contributed by atoms with E-state index in [0.29, 0.717) is 18.1 Å². The number of nitrogens with zero attached hydrogens (tertiary/aromatic N) is 1. The SMILES string of the molecule is Cc1cccc(CCN/C=C(/C#N)C(=O)NCc2ccc(Cl)cc2)c1. The minimum atomic E-state index is -0.402. The molecule has 0 aromatic heterocycles. The first-order chi connectivity index (χ1) is 12.1. The summed E-state index contributed by atoms with van der Waals surface area (Å²) in [6.07, 6.45) is 2.29. The monoisotopic (exact) mass is 353 g/mol. The molecule has 1 amide bonds. The molecule has 0 saturated heterocycles. The van der Waals surface area contributed by atoms with Crippen molar-refractivity contribution in [2.75, 3.05) is 6.54 Å². The van der Waals surface area contributed by atoms with Crippen LogP contribution in [0.25, 0.3) is 0 Å². The molecular formula is C20H20ClN3O. The number of hydrogen-bond acceptors (Lipinski definition) is 3. The molecule has 0 spiro atoms. The number of halogens is 1. The molecule has 0 heterocycles. The number of nitriles is 1. The average molecular weight is 354 g/mol. The van der Waals surface area contributed by atoms with E-state index < -0.39 is 5.91 Å². The highest BCUT2D eigenvalue weighted by atomic mass is 35.5. The highest BCUT2D eigenvalue weighted by Gasteiger charge is 2.08. The second-order valence-corrected chi connectivity index (χ2v) is 6.11. The van der Waals surface area contributed by atoms with Crippen molar-refractivity contribution in [3.8, 4) is 6.07 Å². The van der Waals surface area contributed by atoms with Crippen molar-refractivity contribution >= 4 is 17.5 Å². The maximum absolute atomic E-state index is 12.1. The van der Waals surface area contributed by atoms with Crippen molar-refractivity contribution in [1.29, 1.82) is 5.26 Å². The van der Waals surface area contributed by atoms with Crippen LogP contribution >= 0.6 is 11.6 Å². The minimum Gasteiger partial charge on any atom is -0.389 e. The fourth-order valence-corrected chi connectivity index (χ4v) is 2.41. The van der Waals surface area contributed by atoms with Gasteiger partial charge in [-0.3, -0.25) is 4.79 Å². The minimum absolute atomic E-state index is 0.0539. The van der Waals surface area contributed by atoms with Crippen molar-refractivity contribution in [3.63, 3.8) is 0 Å². The molecule has 0 aliphatic carbocycles. The summed E-state index contributed by atoms with van der Waals surface area (Å²) < 4.78 is 0. The third-order valence-electron chi connectivity index (χ3n) is 3.62. The highest BCUT2D eigenvalue weighted by molar-refractivity contribution is 6.30. The van der Waals surface area contributed by atoms with Gasteiger partial charge < -0.3 is 10.6 Å². The van der Waals surface area contributed by atoms with Crippen LogP contribution in [-0.2, 0) is 17.8 Å². The summed E-state index contributed by atoms with van der Waals surface area (Å²) in [5.74, 6) is -0.402. The molecule has 0 aliphatic heterocycles. The Kier molecular flexibility index (Phi) is 7.06. The van der Waals surface area contributed by atoms with Gasteiger partial charge in [0.15, 0.2) is 0 Å². The van der Waals surface area contributed by atoms with E-state index in [1.165, 1.54) is 17.3 Å². The third kappa shape index (κ3) is 6.33. The fourth-order valence-electron chi connectivity index (χ4n) is 2.29. The molecule has 2 N–H and O–H groups in total. The van der Waals surface area contributed by atoms with Gasteiger partial charge in [-0.15, -0.1) is 0 Å². The summed E-state index contributed by atoms with van der Waals surface area (Å²) in [4.78, 5) is 12.1. The zero-order valence-electron chi connectivity index (χ0n) is 14.1. The van der Waals surface area contributed by atoms with Crippen LogP contribution in [0.4, 0.5) is 0 Å². The van der Waals surface area contributed by atoms with Crippen LogP contribution in [0.15, 0.2) is 60.3 Å². The Morgan fingerprint density at radius 2 is 1.96 bits per heavy atom. The summed E-state index contributed by atoms with van der Waals surface area (Å²) >= 11 is 5.82. The van der Waals surface area contributed by atoms with Gasteiger partial charge in [-0.2, -0.15) is 5.26 Å². The van der Waals surface area contributed by atoms with Crippen LogP contribution in [0.5, 0.6) is 0 Å². The van der Waals surface area contributed by atoms with E-state index >= 15 is 0 Å². The number of carbonyl (C=O) groups excluding carboxylic acids is 1. The lowest BCUT2D eigenvalue weighted by atomic mass is 10.1. The van der Waals surface area contributed by atoms with Gasteiger partial charge in [0.1, 0.15) is 11.6 Å². The van der Waals surface area contributed by atoms with Gasteiger partial charge >= 0.3 is 0 Å². The Balaban J connectivity index is 1.81. The normalized spacial score (nSPS) is 10.8. The summed E-state index contributed by atoms with van der Waals surface area (Å²) in [7, 11) is 0. The first kappa shape index (κ1) is 18.6. The lowest BCUT2D eigenvalue weighted by Crippen LogP contribution is -2.25. The Morgan fingerprint density at radius 3 is 2.64 bits per heavy atom. The molecule has 0 bridgehead atoms. The van der Waals surface area contributed by atoms with Crippen LogP contribution in [0, 0.1) is 18.3 Å². The molecule has 2 aromatic rings. The van der Waals surface area contributed by atoms with Gasteiger partial charge in [0.05, 0.1) is 0 Å². The highest BCUT2D eigenvalue weighted by Crippen LogP contribution is 2.09. The number of hydrogen-bond donors (Lipinski definition) is 2. The molecule has 0 fully saturated rings. The molecule has 0 radical (unpaired) electrons. The quantitative estimate of drug-likeness (QED) is 0.455. The number of aryl methyl sites for hydroxylation is 1. The predicted molar refractivity (Wildman–Crippen MR) is 99.9 cm³/mol. The summed E-state index contributed by atoms with van der Waals surface area (Å²) in [5, 5.41) is 15.5. The Hall–Kier alpha value is -2.77. The Morgan fingerprint density at radius 1 is 1.20 bits per heavy atom. The van der Waals surface area contributed by atoms with E-state index in [-0.39, 0.29) is 5.57 Å². The van der Waals surface area contributed by atoms with Gasteiger partial charge in [0, 0.05) is 24.3 Å². The largest absolute Gasteiger partial charge is 0.389 e. The van der Waals surface area contributed by atoms with Gasteiger partial charge in [-0.05, 0) is 36.6 Å². The lowest BCUT2D eigenvalue weighted by Gasteiger charge is -2.06. The van der Waals surface area contributed by atoms with Crippen LogP contribution in [0.2, 0.25) is 5.02 Å². The number of benzene rings is 2. The van der Waals surface area contributed by atoms with E-state index in [9.17, 15) is 4.79 Å². The Bertz CT molecular complexity index is 791. The Labute approximate surface area is 153 Å². The molecule has 2 rings (SSSR count). The van der Waals surface area contributed by atoms with Crippen molar-refractivity contribution < 1.29 is 4.79 Å². The predicted octanol–water partition coefficient (Wildman–Crippen LogP) is 3.50. The molecular weight excluding hydrogens is 334 g/mol. The van der Waals surface area contributed by atoms with Gasteiger partial charge in [-0.25, -0.2) is 0 Å². The van der Waals surface area contributed by atoms with E-state index in [1.54, 1.807) is 12.1 Å².